The van der Waals surface area contributed by atoms with Crippen molar-refractivity contribution in [3.8, 4) is 0 Å². The fourth-order valence-electron chi connectivity index (χ4n) is 2.41. The second kappa shape index (κ2) is 8.89. The summed E-state index contributed by atoms with van der Waals surface area (Å²) in [6.07, 6.45) is 1.82. The van der Waals surface area contributed by atoms with Gasteiger partial charge >= 0.3 is 0 Å². The third-order valence-electron chi connectivity index (χ3n) is 3.78. The molecule has 1 heterocycles. The zero-order valence-corrected chi connectivity index (χ0v) is 17.1. The van der Waals surface area contributed by atoms with E-state index in [1.165, 1.54) is 16.7 Å². The molecule has 1 aliphatic heterocycles. The fraction of sp³-hybridized carbons (Fsp3) is 0.105. The van der Waals surface area contributed by atoms with E-state index in [-0.39, 0.29) is 24.8 Å². The summed E-state index contributed by atoms with van der Waals surface area (Å²) in [4.78, 5) is 26.7. The van der Waals surface area contributed by atoms with E-state index in [2.05, 4.69) is 5.32 Å². The summed E-state index contributed by atoms with van der Waals surface area (Å²) in [5.74, 6) is -0.470. The van der Waals surface area contributed by atoms with Gasteiger partial charge in [0.15, 0.2) is 0 Å². The number of para-hydroxylation sites is 1. The van der Waals surface area contributed by atoms with Gasteiger partial charge in [-0.3, -0.25) is 14.5 Å². The minimum absolute atomic E-state index is 0.108. The number of amides is 2. The number of nitrogens with one attached hydrogen (secondary N) is 1. The molecule has 138 valence electrons. The molecule has 1 aliphatic rings. The number of carbonyl (C=O) groups is 2. The van der Waals surface area contributed by atoms with Gasteiger partial charge in [-0.05, 0) is 29.8 Å². The molecule has 0 aromatic heterocycles. The molecule has 1 fully saturated rings. The molecule has 2 amide bonds. The topological polar surface area (TPSA) is 49.4 Å². The van der Waals surface area contributed by atoms with Crippen LogP contribution in [0, 0.1) is 0 Å². The Balaban J connectivity index is 1.63. The van der Waals surface area contributed by atoms with Crippen LogP contribution in [-0.4, -0.2) is 27.6 Å². The maximum absolute atomic E-state index is 12.6. The van der Waals surface area contributed by atoms with E-state index in [1.54, 1.807) is 36.4 Å². The molecule has 1 saturated heterocycles. The average molecular weight is 437 g/mol. The molecule has 0 atom stereocenters. The van der Waals surface area contributed by atoms with E-state index in [0.29, 0.717) is 25.0 Å². The lowest BCUT2D eigenvalue weighted by atomic mass is 10.2. The molecule has 3 rings (SSSR count). The Morgan fingerprint density at radius 2 is 1.78 bits per heavy atom. The van der Waals surface area contributed by atoms with E-state index in [9.17, 15) is 9.59 Å². The van der Waals surface area contributed by atoms with Crippen LogP contribution in [0.3, 0.4) is 0 Å². The SMILES string of the molecule is O=C(CCN1C(=O)C(=Cc2ccccc2Cl)SC1=S)Nc1ccccc1Cl. The molecule has 0 unspecified atom stereocenters. The van der Waals surface area contributed by atoms with E-state index in [0.717, 1.165) is 5.56 Å². The van der Waals surface area contributed by atoms with Crippen molar-refractivity contribution < 1.29 is 9.59 Å². The minimum atomic E-state index is -0.243. The van der Waals surface area contributed by atoms with Gasteiger partial charge in [0.25, 0.3) is 5.91 Å². The Bertz CT molecular complexity index is 947. The van der Waals surface area contributed by atoms with Gasteiger partial charge in [0.2, 0.25) is 5.91 Å². The van der Waals surface area contributed by atoms with Crippen LogP contribution >= 0.6 is 47.2 Å². The molecule has 0 spiro atoms. The lowest BCUT2D eigenvalue weighted by Crippen LogP contribution is -2.31. The van der Waals surface area contributed by atoms with Crippen LogP contribution in [0.2, 0.25) is 10.0 Å². The number of halogens is 2. The number of benzene rings is 2. The smallest absolute Gasteiger partial charge is 0.266 e. The molecule has 8 heteroatoms. The second-order valence-electron chi connectivity index (χ2n) is 5.63. The van der Waals surface area contributed by atoms with Gasteiger partial charge in [-0.1, -0.05) is 77.5 Å². The van der Waals surface area contributed by atoms with Crippen LogP contribution < -0.4 is 5.32 Å². The van der Waals surface area contributed by atoms with Crippen LogP contribution in [0.1, 0.15) is 12.0 Å². The second-order valence-corrected chi connectivity index (χ2v) is 8.12. The minimum Gasteiger partial charge on any atom is -0.325 e. The molecule has 4 nitrogen and oxygen atoms in total. The Morgan fingerprint density at radius 1 is 1.11 bits per heavy atom. The third kappa shape index (κ3) is 4.90. The molecule has 0 saturated carbocycles. The highest BCUT2D eigenvalue weighted by molar-refractivity contribution is 8.26. The summed E-state index contributed by atoms with van der Waals surface area (Å²) in [7, 11) is 0. The van der Waals surface area contributed by atoms with E-state index in [1.807, 2.05) is 18.2 Å². The van der Waals surface area contributed by atoms with E-state index < -0.39 is 0 Å². The number of carbonyl (C=O) groups excluding carboxylic acids is 2. The van der Waals surface area contributed by atoms with Crippen molar-refractivity contribution in [2.75, 3.05) is 11.9 Å². The standard InChI is InChI=1S/C19H14Cl2N2O2S2/c20-13-6-2-1-5-12(13)11-16-18(25)23(19(26)27-16)10-9-17(24)22-15-8-4-3-7-14(15)21/h1-8,11H,9-10H2,(H,22,24). The first-order valence-electron chi connectivity index (χ1n) is 8.00. The number of thioether (sulfide) groups is 1. The summed E-state index contributed by atoms with van der Waals surface area (Å²) in [5.41, 5.74) is 1.28. The van der Waals surface area contributed by atoms with Crippen molar-refractivity contribution in [3.63, 3.8) is 0 Å². The number of thiocarbonyl (C=S) groups is 1. The van der Waals surface area contributed by atoms with Gasteiger partial charge in [0.05, 0.1) is 15.6 Å². The Morgan fingerprint density at radius 3 is 2.48 bits per heavy atom. The zero-order valence-electron chi connectivity index (χ0n) is 13.9. The molecule has 0 aliphatic carbocycles. The molecule has 2 aromatic carbocycles. The maximum Gasteiger partial charge on any atom is 0.266 e. The van der Waals surface area contributed by atoms with Gasteiger partial charge in [0.1, 0.15) is 4.32 Å². The predicted octanol–water partition coefficient (Wildman–Crippen LogP) is 5.22. The number of hydrogen-bond donors (Lipinski definition) is 1. The first-order chi connectivity index (χ1) is 13.0. The molecule has 0 radical (unpaired) electrons. The molecular formula is C19H14Cl2N2O2S2. The maximum atomic E-state index is 12.6. The number of rotatable bonds is 5. The van der Waals surface area contributed by atoms with Gasteiger partial charge < -0.3 is 5.32 Å². The van der Waals surface area contributed by atoms with Gasteiger partial charge in [0, 0.05) is 18.0 Å². The summed E-state index contributed by atoms with van der Waals surface area (Å²) >= 11 is 18.7. The quantitative estimate of drug-likeness (QED) is 0.515. The van der Waals surface area contributed by atoms with E-state index >= 15 is 0 Å². The predicted molar refractivity (Wildman–Crippen MR) is 116 cm³/mol. The Kier molecular flexibility index (Phi) is 6.55. The van der Waals surface area contributed by atoms with Crippen molar-refractivity contribution in [1.29, 1.82) is 0 Å². The number of anilines is 1. The van der Waals surface area contributed by atoms with Gasteiger partial charge in [-0.15, -0.1) is 0 Å². The third-order valence-corrected chi connectivity index (χ3v) is 5.83. The van der Waals surface area contributed by atoms with Crippen molar-refractivity contribution in [1.82, 2.24) is 4.90 Å². The monoisotopic (exact) mass is 436 g/mol. The first-order valence-corrected chi connectivity index (χ1v) is 9.98. The summed E-state index contributed by atoms with van der Waals surface area (Å²) < 4.78 is 0.420. The lowest BCUT2D eigenvalue weighted by molar-refractivity contribution is -0.122. The largest absolute Gasteiger partial charge is 0.325 e. The van der Waals surface area contributed by atoms with Crippen LogP contribution in [0.4, 0.5) is 5.69 Å². The van der Waals surface area contributed by atoms with Crippen LogP contribution in [0.15, 0.2) is 53.4 Å². The first kappa shape index (κ1) is 19.9. The Hall–Kier alpha value is -1.86. The summed E-state index contributed by atoms with van der Waals surface area (Å²) in [6, 6.07) is 14.2. The molecule has 1 N–H and O–H groups in total. The molecular weight excluding hydrogens is 423 g/mol. The Labute approximate surface area is 176 Å². The van der Waals surface area contributed by atoms with Crippen molar-refractivity contribution in [2.45, 2.75) is 6.42 Å². The summed E-state index contributed by atoms with van der Waals surface area (Å²) in [6.45, 7) is 0.195. The highest BCUT2D eigenvalue weighted by atomic mass is 35.5. The average Bonchev–Trinajstić information content (AvgIpc) is 2.90. The molecule has 2 aromatic rings. The molecule has 0 bridgehead atoms. The number of nitrogens with zero attached hydrogens (tertiary/aromatic N) is 1. The lowest BCUT2D eigenvalue weighted by Gasteiger charge is -2.14. The van der Waals surface area contributed by atoms with Crippen molar-refractivity contribution >= 4 is 75.1 Å². The number of hydrogen-bond acceptors (Lipinski definition) is 4. The van der Waals surface area contributed by atoms with Gasteiger partial charge in [-0.25, -0.2) is 0 Å². The van der Waals surface area contributed by atoms with Crippen LogP contribution in [-0.2, 0) is 9.59 Å². The van der Waals surface area contributed by atoms with E-state index in [4.69, 9.17) is 35.4 Å². The normalized spacial score (nSPS) is 15.5. The highest BCUT2D eigenvalue weighted by Crippen LogP contribution is 2.33. The van der Waals surface area contributed by atoms with Crippen LogP contribution in [0.5, 0.6) is 0 Å². The van der Waals surface area contributed by atoms with Crippen molar-refractivity contribution in [3.05, 3.63) is 69.0 Å². The van der Waals surface area contributed by atoms with Gasteiger partial charge in [-0.2, -0.15) is 0 Å². The zero-order chi connectivity index (χ0) is 19.4. The van der Waals surface area contributed by atoms with Crippen molar-refractivity contribution in [2.24, 2.45) is 0 Å². The fourth-order valence-corrected chi connectivity index (χ4v) is 4.09. The van der Waals surface area contributed by atoms with Crippen LogP contribution in [0.25, 0.3) is 6.08 Å². The highest BCUT2D eigenvalue weighted by Gasteiger charge is 2.32. The molecule has 27 heavy (non-hydrogen) atoms. The summed E-state index contributed by atoms with van der Waals surface area (Å²) in [5, 5.41) is 3.75.